The second-order valence-electron chi connectivity index (χ2n) is 3.60. The van der Waals surface area contributed by atoms with Crippen molar-refractivity contribution in [3.63, 3.8) is 0 Å². The first kappa shape index (κ1) is 13.3. The van der Waals surface area contributed by atoms with Gasteiger partial charge in [0.2, 0.25) is 0 Å². The van der Waals surface area contributed by atoms with Crippen LogP contribution in [-0.2, 0) is 4.79 Å². The van der Waals surface area contributed by atoms with Crippen molar-refractivity contribution in [1.29, 1.82) is 0 Å². The van der Waals surface area contributed by atoms with Gasteiger partial charge in [0.15, 0.2) is 0 Å². The summed E-state index contributed by atoms with van der Waals surface area (Å²) >= 11 is 5.01. The van der Waals surface area contributed by atoms with E-state index < -0.39 is 11.5 Å². The molecule has 0 saturated carbocycles. The molecule has 0 fully saturated rings. The molecule has 4 nitrogen and oxygen atoms in total. The average molecular weight is 281 g/mol. The van der Waals surface area contributed by atoms with E-state index in [-0.39, 0.29) is 0 Å². The lowest BCUT2D eigenvalue weighted by Crippen LogP contribution is -2.19. The number of ether oxygens (including phenoxy) is 1. The molecule has 0 bridgehead atoms. The zero-order chi connectivity index (χ0) is 13.7. The number of hydrogen-bond donors (Lipinski definition) is 1. The standard InChI is InChI=1S/C13H10ClFN2O2/c14-12(15)13(18)17-9-1-3-10(4-2-9)19-11-5-7-16-8-6-11/h1-8,12H,(H,17,18). The Morgan fingerprint density at radius 2 is 1.74 bits per heavy atom. The van der Waals surface area contributed by atoms with Gasteiger partial charge in [-0.2, -0.15) is 0 Å². The number of carbonyl (C=O) groups is 1. The molecule has 0 saturated heterocycles. The molecule has 19 heavy (non-hydrogen) atoms. The van der Waals surface area contributed by atoms with Crippen LogP contribution in [0.15, 0.2) is 48.8 Å². The minimum absolute atomic E-state index is 0.440. The monoisotopic (exact) mass is 280 g/mol. The summed E-state index contributed by atoms with van der Waals surface area (Å²) in [5.74, 6) is 0.340. The molecule has 1 aromatic heterocycles. The van der Waals surface area contributed by atoms with Crippen LogP contribution in [-0.4, -0.2) is 16.5 Å². The van der Waals surface area contributed by atoms with E-state index in [2.05, 4.69) is 10.3 Å². The van der Waals surface area contributed by atoms with E-state index in [0.29, 0.717) is 17.2 Å². The van der Waals surface area contributed by atoms with Gasteiger partial charge in [-0.05, 0) is 36.4 Å². The van der Waals surface area contributed by atoms with Crippen molar-refractivity contribution in [2.24, 2.45) is 0 Å². The molecule has 1 heterocycles. The summed E-state index contributed by atoms with van der Waals surface area (Å²) in [6.45, 7) is 0. The molecule has 0 radical (unpaired) electrons. The Labute approximate surface area is 114 Å². The minimum Gasteiger partial charge on any atom is -0.457 e. The smallest absolute Gasteiger partial charge is 0.274 e. The molecule has 2 rings (SSSR count). The van der Waals surface area contributed by atoms with Crippen LogP contribution in [0.25, 0.3) is 0 Å². The zero-order valence-corrected chi connectivity index (χ0v) is 10.5. The van der Waals surface area contributed by atoms with Gasteiger partial charge < -0.3 is 10.1 Å². The van der Waals surface area contributed by atoms with Gasteiger partial charge in [-0.3, -0.25) is 9.78 Å². The Balaban J connectivity index is 2.01. The molecular formula is C13H10ClFN2O2. The molecule has 1 atom stereocenters. The predicted molar refractivity (Wildman–Crippen MR) is 70.1 cm³/mol. The Hall–Kier alpha value is -2.14. The fourth-order valence-electron chi connectivity index (χ4n) is 1.35. The molecule has 1 amide bonds. The average Bonchev–Trinajstić information content (AvgIpc) is 2.42. The summed E-state index contributed by atoms with van der Waals surface area (Å²) < 4.78 is 18.0. The summed E-state index contributed by atoms with van der Waals surface area (Å²) in [6.07, 6.45) is 3.23. The lowest BCUT2D eigenvalue weighted by Gasteiger charge is -2.07. The zero-order valence-electron chi connectivity index (χ0n) is 9.72. The Bertz CT molecular complexity index is 546. The van der Waals surface area contributed by atoms with Gasteiger partial charge in [0.1, 0.15) is 11.5 Å². The Morgan fingerprint density at radius 1 is 1.16 bits per heavy atom. The summed E-state index contributed by atoms with van der Waals surface area (Å²) in [5, 5.41) is 2.32. The molecule has 6 heteroatoms. The first-order valence-electron chi connectivity index (χ1n) is 5.42. The Morgan fingerprint density at radius 3 is 2.32 bits per heavy atom. The van der Waals surface area contributed by atoms with Crippen LogP contribution in [0.2, 0.25) is 0 Å². The maximum atomic E-state index is 12.5. The fourth-order valence-corrected chi connectivity index (χ4v) is 1.40. The van der Waals surface area contributed by atoms with Crippen LogP contribution < -0.4 is 10.1 Å². The number of carbonyl (C=O) groups excluding carboxylic acids is 1. The van der Waals surface area contributed by atoms with E-state index in [1.54, 1.807) is 48.8 Å². The molecular weight excluding hydrogens is 271 g/mol. The molecule has 2 aromatic rings. The second kappa shape index (κ2) is 6.15. The third kappa shape index (κ3) is 3.93. The highest BCUT2D eigenvalue weighted by Crippen LogP contribution is 2.22. The number of aromatic nitrogens is 1. The van der Waals surface area contributed by atoms with Gasteiger partial charge in [-0.15, -0.1) is 0 Å². The lowest BCUT2D eigenvalue weighted by molar-refractivity contribution is -0.118. The van der Waals surface area contributed by atoms with Crippen molar-refractivity contribution < 1.29 is 13.9 Å². The highest BCUT2D eigenvalue weighted by atomic mass is 35.5. The quantitative estimate of drug-likeness (QED) is 0.874. The van der Waals surface area contributed by atoms with Gasteiger partial charge >= 0.3 is 0 Å². The second-order valence-corrected chi connectivity index (χ2v) is 3.98. The summed E-state index contributed by atoms with van der Waals surface area (Å²) in [6, 6.07) is 9.92. The number of pyridine rings is 1. The van der Waals surface area contributed by atoms with Gasteiger partial charge in [0.25, 0.3) is 11.5 Å². The van der Waals surface area contributed by atoms with Gasteiger partial charge in [-0.1, -0.05) is 11.6 Å². The lowest BCUT2D eigenvalue weighted by atomic mass is 10.3. The molecule has 1 N–H and O–H groups in total. The first-order valence-corrected chi connectivity index (χ1v) is 5.86. The number of benzene rings is 1. The van der Waals surface area contributed by atoms with Gasteiger partial charge in [-0.25, -0.2) is 4.39 Å². The summed E-state index contributed by atoms with van der Waals surface area (Å²) in [5.41, 5.74) is -1.62. The molecule has 0 spiro atoms. The number of halogens is 2. The Kier molecular flexibility index (Phi) is 4.30. The van der Waals surface area contributed by atoms with E-state index in [1.807, 2.05) is 0 Å². The number of amides is 1. The van der Waals surface area contributed by atoms with Crippen LogP contribution >= 0.6 is 11.6 Å². The van der Waals surface area contributed by atoms with Crippen LogP contribution in [0.5, 0.6) is 11.5 Å². The van der Waals surface area contributed by atoms with E-state index >= 15 is 0 Å². The maximum Gasteiger partial charge on any atom is 0.274 e. The van der Waals surface area contributed by atoms with E-state index in [0.717, 1.165) is 0 Å². The fraction of sp³-hybridized carbons (Fsp3) is 0.0769. The van der Waals surface area contributed by atoms with Crippen molar-refractivity contribution in [2.75, 3.05) is 5.32 Å². The van der Waals surface area contributed by atoms with Gasteiger partial charge in [0.05, 0.1) is 0 Å². The number of nitrogens with one attached hydrogen (secondary N) is 1. The molecule has 0 aliphatic carbocycles. The summed E-state index contributed by atoms with van der Waals surface area (Å²) in [4.78, 5) is 14.9. The van der Waals surface area contributed by atoms with Crippen molar-refractivity contribution >= 4 is 23.2 Å². The minimum atomic E-state index is -2.06. The number of rotatable bonds is 4. The predicted octanol–water partition coefficient (Wildman–Crippen LogP) is 3.35. The van der Waals surface area contributed by atoms with Crippen molar-refractivity contribution in [3.05, 3.63) is 48.8 Å². The van der Waals surface area contributed by atoms with Crippen LogP contribution in [0.4, 0.5) is 10.1 Å². The van der Waals surface area contributed by atoms with Crippen LogP contribution in [0.1, 0.15) is 0 Å². The van der Waals surface area contributed by atoms with E-state index in [4.69, 9.17) is 16.3 Å². The molecule has 98 valence electrons. The van der Waals surface area contributed by atoms with Crippen molar-refractivity contribution in [3.8, 4) is 11.5 Å². The van der Waals surface area contributed by atoms with Crippen molar-refractivity contribution in [1.82, 2.24) is 4.98 Å². The number of hydrogen-bond acceptors (Lipinski definition) is 3. The molecule has 1 unspecified atom stereocenters. The summed E-state index contributed by atoms with van der Waals surface area (Å²) in [7, 11) is 0. The third-order valence-corrected chi connectivity index (χ3v) is 2.40. The van der Waals surface area contributed by atoms with E-state index in [1.165, 1.54) is 0 Å². The third-order valence-electron chi connectivity index (χ3n) is 2.21. The topological polar surface area (TPSA) is 51.2 Å². The van der Waals surface area contributed by atoms with Crippen molar-refractivity contribution in [2.45, 2.75) is 5.63 Å². The largest absolute Gasteiger partial charge is 0.457 e. The van der Waals surface area contributed by atoms with Gasteiger partial charge in [0, 0.05) is 18.1 Å². The SMILES string of the molecule is O=C(Nc1ccc(Oc2ccncc2)cc1)C(F)Cl. The van der Waals surface area contributed by atoms with Crippen LogP contribution in [0.3, 0.4) is 0 Å². The normalized spacial score (nSPS) is 11.7. The highest BCUT2D eigenvalue weighted by molar-refractivity contribution is 6.31. The maximum absolute atomic E-state index is 12.5. The number of anilines is 1. The number of alkyl halides is 2. The van der Waals surface area contributed by atoms with E-state index in [9.17, 15) is 9.18 Å². The highest BCUT2D eigenvalue weighted by Gasteiger charge is 2.12. The number of nitrogens with zero attached hydrogens (tertiary/aromatic N) is 1. The molecule has 0 aliphatic heterocycles. The first-order chi connectivity index (χ1) is 9.15. The van der Waals surface area contributed by atoms with Crippen LogP contribution in [0, 0.1) is 0 Å². The molecule has 0 aliphatic rings. The molecule has 1 aromatic carbocycles.